The third-order valence-electron chi connectivity index (χ3n) is 3.23. The number of pyridine rings is 1. The van der Waals surface area contributed by atoms with Crippen LogP contribution in [0.15, 0.2) is 47.1 Å². The summed E-state index contributed by atoms with van der Waals surface area (Å²) >= 11 is 3.36. The molecule has 0 radical (unpaired) electrons. The van der Waals surface area contributed by atoms with E-state index in [1.165, 1.54) is 5.56 Å². The van der Waals surface area contributed by atoms with Crippen molar-refractivity contribution in [1.29, 1.82) is 0 Å². The van der Waals surface area contributed by atoms with E-state index in [9.17, 15) is 5.11 Å². The Morgan fingerprint density at radius 2 is 2.06 bits per heavy atom. The number of aromatic nitrogens is 1. The van der Waals surface area contributed by atoms with Gasteiger partial charge in [0.2, 0.25) is 0 Å². The molecule has 2 aromatic rings. The van der Waals surface area contributed by atoms with E-state index in [2.05, 4.69) is 38.4 Å². The number of aliphatic hydroxyl groups excluding tert-OH is 1. The predicted octanol–water partition coefficient (Wildman–Crippen LogP) is 2.91. The first-order chi connectivity index (χ1) is 8.74. The summed E-state index contributed by atoms with van der Waals surface area (Å²) in [4.78, 5) is 4.28. The summed E-state index contributed by atoms with van der Waals surface area (Å²) in [5, 5.41) is 13.4. The predicted molar refractivity (Wildman–Crippen MR) is 74.5 cm³/mol. The molecule has 0 spiro atoms. The Morgan fingerprint density at radius 3 is 2.83 bits per heavy atom. The topological polar surface area (TPSA) is 45.1 Å². The van der Waals surface area contributed by atoms with Crippen LogP contribution in [0.1, 0.15) is 17.2 Å². The lowest BCUT2D eigenvalue weighted by atomic mass is 10.1. The Morgan fingerprint density at radius 1 is 1.22 bits per heavy atom. The molecule has 0 bridgehead atoms. The molecule has 18 heavy (non-hydrogen) atoms. The van der Waals surface area contributed by atoms with E-state index in [0.717, 1.165) is 15.9 Å². The fourth-order valence-corrected chi connectivity index (χ4v) is 2.60. The highest BCUT2D eigenvalue weighted by atomic mass is 79.9. The van der Waals surface area contributed by atoms with Crippen LogP contribution >= 0.6 is 15.9 Å². The van der Waals surface area contributed by atoms with Gasteiger partial charge in [-0.3, -0.25) is 0 Å². The molecule has 1 aromatic heterocycles. The van der Waals surface area contributed by atoms with Gasteiger partial charge in [0.05, 0.1) is 12.1 Å². The molecule has 0 saturated heterocycles. The van der Waals surface area contributed by atoms with E-state index in [1.54, 1.807) is 6.20 Å². The fourth-order valence-electron chi connectivity index (χ4n) is 2.37. The number of benzene rings is 1. The second kappa shape index (κ2) is 4.71. The third kappa shape index (κ3) is 2.13. The Hall–Kier alpha value is -1.39. The van der Waals surface area contributed by atoms with Gasteiger partial charge in [-0.2, -0.15) is 0 Å². The minimum atomic E-state index is -0.396. The molecular formula is C14H13BrN2O. The highest BCUT2D eigenvalue weighted by Gasteiger charge is 2.30. The maximum Gasteiger partial charge on any atom is 0.126 e. The first-order valence-electron chi connectivity index (χ1n) is 5.88. The zero-order chi connectivity index (χ0) is 12.5. The maximum absolute atomic E-state index is 10.1. The Kier molecular flexibility index (Phi) is 3.06. The fraction of sp³-hybridized carbons (Fsp3) is 0.214. The van der Waals surface area contributed by atoms with Crippen LogP contribution in [0.4, 0.5) is 5.82 Å². The molecule has 0 aliphatic heterocycles. The minimum Gasteiger partial charge on any atom is -0.390 e. The number of nitrogens with one attached hydrogen (secondary N) is 1. The van der Waals surface area contributed by atoms with E-state index in [0.29, 0.717) is 6.42 Å². The van der Waals surface area contributed by atoms with Crippen LogP contribution in [0.25, 0.3) is 0 Å². The SMILES string of the molecule is O[C@H]1Cc2ccccc2[C@H]1Nc1ccc(Br)cn1. The molecule has 2 N–H and O–H groups in total. The number of fused-ring (bicyclic) bond motifs is 1. The van der Waals surface area contributed by atoms with Gasteiger partial charge in [0, 0.05) is 17.1 Å². The summed E-state index contributed by atoms with van der Waals surface area (Å²) in [6.07, 6.45) is 2.05. The molecule has 4 heteroatoms. The quantitative estimate of drug-likeness (QED) is 0.897. The molecule has 92 valence electrons. The van der Waals surface area contributed by atoms with Crippen molar-refractivity contribution in [3.05, 3.63) is 58.2 Å². The second-order valence-electron chi connectivity index (χ2n) is 4.45. The number of anilines is 1. The number of halogens is 1. The monoisotopic (exact) mass is 304 g/mol. The molecule has 1 heterocycles. The lowest BCUT2D eigenvalue weighted by Crippen LogP contribution is -2.21. The number of hydrogen-bond acceptors (Lipinski definition) is 3. The van der Waals surface area contributed by atoms with Crippen LogP contribution in [-0.4, -0.2) is 16.2 Å². The number of rotatable bonds is 2. The summed E-state index contributed by atoms with van der Waals surface area (Å²) in [6, 6.07) is 11.9. The highest BCUT2D eigenvalue weighted by Crippen LogP contribution is 2.33. The standard InChI is InChI=1S/C14H13BrN2O/c15-10-5-6-13(16-8-10)17-14-11-4-2-1-3-9(11)7-12(14)18/h1-6,8,12,14,18H,7H2,(H,16,17)/t12-,14+/m0/s1. The van der Waals surface area contributed by atoms with Gasteiger partial charge in [-0.25, -0.2) is 4.98 Å². The van der Waals surface area contributed by atoms with Crippen LogP contribution in [0, 0.1) is 0 Å². The summed E-state index contributed by atoms with van der Waals surface area (Å²) in [5.74, 6) is 0.777. The van der Waals surface area contributed by atoms with Crippen LogP contribution in [0.2, 0.25) is 0 Å². The van der Waals surface area contributed by atoms with Gasteiger partial charge in [-0.05, 0) is 39.2 Å². The maximum atomic E-state index is 10.1. The smallest absolute Gasteiger partial charge is 0.126 e. The van der Waals surface area contributed by atoms with Crippen molar-refractivity contribution in [2.75, 3.05) is 5.32 Å². The van der Waals surface area contributed by atoms with E-state index in [4.69, 9.17) is 0 Å². The second-order valence-corrected chi connectivity index (χ2v) is 5.37. The van der Waals surface area contributed by atoms with Crippen molar-refractivity contribution >= 4 is 21.7 Å². The third-order valence-corrected chi connectivity index (χ3v) is 3.70. The van der Waals surface area contributed by atoms with Crippen molar-refractivity contribution in [2.45, 2.75) is 18.6 Å². The molecule has 3 rings (SSSR count). The van der Waals surface area contributed by atoms with Crippen molar-refractivity contribution in [2.24, 2.45) is 0 Å². The molecule has 1 aliphatic carbocycles. The summed E-state index contributed by atoms with van der Waals surface area (Å²) in [7, 11) is 0. The average molecular weight is 305 g/mol. The molecule has 3 nitrogen and oxygen atoms in total. The summed E-state index contributed by atoms with van der Waals surface area (Å²) < 4.78 is 0.945. The molecule has 0 saturated carbocycles. The van der Waals surface area contributed by atoms with Crippen LogP contribution in [0.3, 0.4) is 0 Å². The van der Waals surface area contributed by atoms with Crippen LogP contribution in [0.5, 0.6) is 0 Å². The van der Waals surface area contributed by atoms with Crippen LogP contribution in [-0.2, 0) is 6.42 Å². The van der Waals surface area contributed by atoms with Gasteiger partial charge in [-0.1, -0.05) is 24.3 Å². The van der Waals surface area contributed by atoms with Gasteiger partial charge in [0.25, 0.3) is 0 Å². The largest absolute Gasteiger partial charge is 0.390 e. The summed E-state index contributed by atoms with van der Waals surface area (Å²) in [6.45, 7) is 0. The molecule has 1 aliphatic rings. The Labute approximate surface area is 114 Å². The lowest BCUT2D eigenvalue weighted by Gasteiger charge is -2.18. The molecule has 0 fully saturated rings. The number of hydrogen-bond donors (Lipinski definition) is 2. The zero-order valence-electron chi connectivity index (χ0n) is 9.68. The zero-order valence-corrected chi connectivity index (χ0v) is 11.3. The van der Waals surface area contributed by atoms with E-state index < -0.39 is 6.10 Å². The molecular weight excluding hydrogens is 292 g/mol. The Bertz CT molecular complexity index is 556. The summed E-state index contributed by atoms with van der Waals surface area (Å²) in [5.41, 5.74) is 2.37. The van der Waals surface area contributed by atoms with E-state index >= 15 is 0 Å². The molecule has 0 amide bonds. The van der Waals surface area contributed by atoms with Gasteiger partial charge < -0.3 is 10.4 Å². The highest BCUT2D eigenvalue weighted by molar-refractivity contribution is 9.10. The minimum absolute atomic E-state index is 0.0742. The normalized spacial score (nSPS) is 21.7. The first-order valence-corrected chi connectivity index (χ1v) is 6.67. The first kappa shape index (κ1) is 11.7. The number of nitrogens with zero attached hydrogens (tertiary/aromatic N) is 1. The van der Waals surface area contributed by atoms with Crippen molar-refractivity contribution in [1.82, 2.24) is 4.98 Å². The van der Waals surface area contributed by atoms with E-state index in [-0.39, 0.29) is 6.04 Å². The van der Waals surface area contributed by atoms with Crippen LogP contribution < -0.4 is 5.32 Å². The Balaban J connectivity index is 1.87. The average Bonchev–Trinajstić information content (AvgIpc) is 2.69. The van der Waals surface area contributed by atoms with Crippen molar-refractivity contribution in [3.63, 3.8) is 0 Å². The molecule has 0 unspecified atom stereocenters. The van der Waals surface area contributed by atoms with Gasteiger partial charge in [0.1, 0.15) is 5.82 Å². The van der Waals surface area contributed by atoms with Gasteiger partial charge in [-0.15, -0.1) is 0 Å². The molecule has 2 atom stereocenters. The van der Waals surface area contributed by atoms with Gasteiger partial charge in [0.15, 0.2) is 0 Å². The van der Waals surface area contributed by atoms with Crippen molar-refractivity contribution in [3.8, 4) is 0 Å². The van der Waals surface area contributed by atoms with Gasteiger partial charge >= 0.3 is 0 Å². The lowest BCUT2D eigenvalue weighted by molar-refractivity contribution is 0.165. The number of aliphatic hydroxyl groups is 1. The van der Waals surface area contributed by atoms with Crippen molar-refractivity contribution < 1.29 is 5.11 Å². The molecule has 1 aromatic carbocycles. The van der Waals surface area contributed by atoms with E-state index in [1.807, 2.05) is 24.3 Å².